The minimum atomic E-state index is -1.80. The Labute approximate surface area is 91.9 Å². The van der Waals surface area contributed by atoms with Gasteiger partial charge >= 0.3 is 17.9 Å². The summed E-state index contributed by atoms with van der Waals surface area (Å²) in [7, 11) is 0. The molecule has 16 heavy (non-hydrogen) atoms. The molecule has 1 saturated carbocycles. The van der Waals surface area contributed by atoms with Crippen molar-refractivity contribution in [3.63, 3.8) is 0 Å². The molecule has 90 valence electrons. The minimum absolute atomic E-state index is 0.00144. The Morgan fingerprint density at radius 1 is 0.938 bits per heavy atom. The van der Waals surface area contributed by atoms with E-state index in [9.17, 15) is 14.4 Å². The largest absolute Gasteiger partial charge is 0.481 e. The average Bonchev–Trinajstić information content (AvgIpc) is 2.39. The molecule has 1 unspecified atom stereocenters. The van der Waals surface area contributed by atoms with E-state index in [4.69, 9.17) is 15.3 Å². The Balaban J connectivity index is 2.87. The van der Waals surface area contributed by atoms with Crippen LogP contribution in [0.1, 0.15) is 32.1 Å². The van der Waals surface area contributed by atoms with Gasteiger partial charge in [-0.15, -0.1) is 0 Å². The number of carboxylic acid groups (broad SMARTS) is 3. The monoisotopic (exact) mass is 230 g/mol. The molecule has 1 rings (SSSR count). The molecule has 1 aliphatic carbocycles. The van der Waals surface area contributed by atoms with Crippen molar-refractivity contribution in [3.8, 4) is 0 Å². The van der Waals surface area contributed by atoms with Crippen molar-refractivity contribution < 1.29 is 29.7 Å². The summed E-state index contributed by atoms with van der Waals surface area (Å²) in [6.07, 6.45) is 0.650. The maximum atomic E-state index is 11.0. The number of aliphatic carboxylic acids is 3. The van der Waals surface area contributed by atoms with Crippen molar-refractivity contribution in [1.82, 2.24) is 0 Å². The van der Waals surface area contributed by atoms with Crippen LogP contribution in [-0.2, 0) is 14.4 Å². The molecule has 0 aliphatic heterocycles. The van der Waals surface area contributed by atoms with Crippen LogP contribution in [0.25, 0.3) is 0 Å². The van der Waals surface area contributed by atoms with Gasteiger partial charge in [0.2, 0.25) is 0 Å². The number of hydrogen-bond donors (Lipinski definition) is 3. The molecular weight excluding hydrogens is 216 g/mol. The fourth-order valence-electron chi connectivity index (χ4n) is 2.11. The van der Waals surface area contributed by atoms with E-state index in [-0.39, 0.29) is 19.3 Å². The molecule has 0 aromatic rings. The Hall–Kier alpha value is -1.59. The smallest absolute Gasteiger partial charge is 0.321 e. The summed E-state index contributed by atoms with van der Waals surface area (Å²) in [5.41, 5.74) is -1.80. The van der Waals surface area contributed by atoms with Crippen molar-refractivity contribution in [2.45, 2.75) is 32.1 Å². The first-order valence-electron chi connectivity index (χ1n) is 5.10. The maximum Gasteiger partial charge on any atom is 0.321 e. The molecule has 0 saturated heterocycles. The van der Waals surface area contributed by atoms with Gasteiger partial charge in [-0.25, -0.2) is 0 Å². The number of carbonyl (C=O) groups is 3. The lowest BCUT2D eigenvalue weighted by atomic mass is 9.80. The first kappa shape index (κ1) is 12.5. The van der Waals surface area contributed by atoms with E-state index < -0.39 is 29.2 Å². The Kier molecular flexibility index (Phi) is 3.51. The van der Waals surface area contributed by atoms with Crippen LogP contribution in [0.3, 0.4) is 0 Å². The third-order valence-corrected chi connectivity index (χ3v) is 3.24. The SMILES string of the molecule is O=C(O)C1CCCC(C(=O)O)(C(=O)O)CC1. The summed E-state index contributed by atoms with van der Waals surface area (Å²) in [4.78, 5) is 32.8. The zero-order chi connectivity index (χ0) is 12.3. The predicted molar refractivity (Wildman–Crippen MR) is 51.9 cm³/mol. The molecule has 0 aromatic carbocycles. The molecule has 0 bridgehead atoms. The highest BCUT2D eigenvalue weighted by atomic mass is 16.4. The van der Waals surface area contributed by atoms with Gasteiger partial charge in [0.15, 0.2) is 5.41 Å². The molecule has 0 amide bonds. The molecule has 6 nitrogen and oxygen atoms in total. The first-order chi connectivity index (χ1) is 7.40. The molecule has 1 aliphatic rings. The zero-order valence-electron chi connectivity index (χ0n) is 8.68. The molecule has 0 heterocycles. The average molecular weight is 230 g/mol. The van der Waals surface area contributed by atoms with Crippen LogP contribution in [0.5, 0.6) is 0 Å². The summed E-state index contributed by atoms with van der Waals surface area (Å²) in [5.74, 6) is -4.34. The van der Waals surface area contributed by atoms with Crippen molar-refractivity contribution in [2.75, 3.05) is 0 Å². The zero-order valence-corrected chi connectivity index (χ0v) is 8.68. The maximum absolute atomic E-state index is 11.0. The molecule has 0 radical (unpaired) electrons. The van der Waals surface area contributed by atoms with Crippen LogP contribution in [-0.4, -0.2) is 33.2 Å². The Bertz CT molecular complexity index is 307. The normalized spacial score (nSPS) is 24.4. The van der Waals surface area contributed by atoms with Crippen LogP contribution in [0, 0.1) is 11.3 Å². The third kappa shape index (κ3) is 2.15. The lowest BCUT2D eigenvalue weighted by molar-refractivity contribution is -0.166. The highest BCUT2D eigenvalue weighted by Gasteiger charge is 2.47. The van der Waals surface area contributed by atoms with Crippen LogP contribution < -0.4 is 0 Å². The van der Waals surface area contributed by atoms with E-state index in [2.05, 4.69) is 0 Å². The van der Waals surface area contributed by atoms with Crippen molar-refractivity contribution in [3.05, 3.63) is 0 Å². The topological polar surface area (TPSA) is 112 Å². The van der Waals surface area contributed by atoms with Crippen molar-refractivity contribution in [1.29, 1.82) is 0 Å². The second kappa shape index (κ2) is 4.51. The quantitative estimate of drug-likeness (QED) is 0.488. The van der Waals surface area contributed by atoms with Gasteiger partial charge in [0.1, 0.15) is 0 Å². The second-order valence-electron chi connectivity index (χ2n) is 4.16. The van der Waals surface area contributed by atoms with Gasteiger partial charge in [0.25, 0.3) is 0 Å². The molecule has 1 atom stereocenters. The van der Waals surface area contributed by atoms with Gasteiger partial charge < -0.3 is 15.3 Å². The standard InChI is InChI=1S/C10H14O6/c11-7(12)6-2-1-4-10(5-3-6,8(13)14)9(15)16/h6H,1-5H2,(H,11,12)(H,13,14)(H,15,16). The Morgan fingerprint density at radius 3 is 1.94 bits per heavy atom. The van der Waals surface area contributed by atoms with E-state index in [0.717, 1.165) is 0 Å². The summed E-state index contributed by atoms with van der Waals surface area (Å²) in [5, 5.41) is 26.8. The van der Waals surface area contributed by atoms with E-state index in [1.807, 2.05) is 0 Å². The summed E-state index contributed by atoms with van der Waals surface area (Å²) in [6.45, 7) is 0. The minimum Gasteiger partial charge on any atom is -0.481 e. The number of hydrogen-bond acceptors (Lipinski definition) is 3. The van der Waals surface area contributed by atoms with Gasteiger partial charge in [-0.3, -0.25) is 14.4 Å². The molecular formula is C10H14O6. The van der Waals surface area contributed by atoms with Crippen LogP contribution >= 0.6 is 0 Å². The first-order valence-corrected chi connectivity index (χ1v) is 5.10. The van der Waals surface area contributed by atoms with E-state index in [0.29, 0.717) is 12.8 Å². The molecule has 3 N–H and O–H groups in total. The Morgan fingerprint density at radius 2 is 1.50 bits per heavy atom. The van der Waals surface area contributed by atoms with E-state index in [1.165, 1.54) is 0 Å². The lowest BCUT2D eigenvalue weighted by Crippen LogP contribution is -2.39. The molecule has 0 aromatic heterocycles. The highest BCUT2D eigenvalue weighted by molar-refractivity contribution is 5.98. The summed E-state index contributed by atoms with van der Waals surface area (Å²) >= 11 is 0. The molecule has 1 fully saturated rings. The van der Waals surface area contributed by atoms with E-state index in [1.54, 1.807) is 0 Å². The van der Waals surface area contributed by atoms with Crippen LogP contribution in [0.15, 0.2) is 0 Å². The summed E-state index contributed by atoms with van der Waals surface area (Å²) in [6, 6.07) is 0. The fraction of sp³-hybridized carbons (Fsp3) is 0.700. The van der Waals surface area contributed by atoms with Crippen molar-refractivity contribution in [2.24, 2.45) is 11.3 Å². The third-order valence-electron chi connectivity index (χ3n) is 3.24. The van der Waals surface area contributed by atoms with Gasteiger partial charge in [-0.1, -0.05) is 6.42 Å². The van der Waals surface area contributed by atoms with Gasteiger partial charge in [0.05, 0.1) is 5.92 Å². The fourth-order valence-corrected chi connectivity index (χ4v) is 2.11. The lowest BCUT2D eigenvalue weighted by Gasteiger charge is -2.22. The van der Waals surface area contributed by atoms with Gasteiger partial charge in [0, 0.05) is 0 Å². The number of carboxylic acids is 3. The molecule has 0 spiro atoms. The molecule has 6 heteroatoms. The highest BCUT2D eigenvalue weighted by Crippen LogP contribution is 2.37. The van der Waals surface area contributed by atoms with Crippen LogP contribution in [0.2, 0.25) is 0 Å². The van der Waals surface area contributed by atoms with Gasteiger partial charge in [-0.05, 0) is 25.7 Å². The van der Waals surface area contributed by atoms with Gasteiger partial charge in [-0.2, -0.15) is 0 Å². The number of rotatable bonds is 3. The van der Waals surface area contributed by atoms with E-state index >= 15 is 0 Å². The second-order valence-corrected chi connectivity index (χ2v) is 4.16. The summed E-state index contributed by atoms with van der Waals surface area (Å²) < 4.78 is 0. The van der Waals surface area contributed by atoms with Crippen LogP contribution in [0.4, 0.5) is 0 Å². The predicted octanol–water partition coefficient (Wildman–Crippen LogP) is 0.807. The van der Waals surface area contributed by atoms with Crippen molar-refractivity contribution >= 4 is 17.9 Å².